The van der Waals surface area contributed by atoms with Gasteiger partial charge in [0.1, 0.15) is 6.33 Å². The number of hydrogen-bond donors (Lipinski definition) is 0. The van der Waals surface area contributed by atoms with E-state index < -0.39 is 0 Å². The third kappa shape index (κ3) is 3.22. The zero-order valence-electron chi connectivity index (χ0n) is 8.40. The molecule has 7 heteroatoms. The van der Waals surface area contributed by atoms with Crippen molar-refractivity contribution in [3.8, 4) is 5.82 Å². The molecule has 0 amide bonds. The van der Waals surface area contributed by atoms with E-state index in [-0.39, 0.29) is 0 Å². The zero-order chi connectivity index (χ0) is 11.1. The lowest BCUT2D eigenvalue weighted by Gasteiger charge is -1.94. The Morgan fingerprint density at radius 2 is 2.20 bits per heavy atom. The third-order valence-corrected chi connectivity index (χ3v) is 1.41. The molecule has 0 atom stereocenters. The van der Waals surface area contributed by atoms with Crippen molar-refractivity contribution in [3.63, 3.8) is 0 Å². The molecule has 0 aliphatic rings. The molecule has 0 saturated carbocycles. The van der Waals surface area contributed by atoms with E-state index in [1.165, 1.54) is 13.4 Å². The molecule has 2 heterocycles. The minimum absolute atomic E-state index is 0.727. The van der Waals surface area contributed by atoms with Crippen LogP contribution in [0.15, 0.2) is 30.0 Å². The summed E-state index contributed by atoms with van der Waals surface area (Å²) in [6, 6.07) is 1.77. The average molecular weight is 206 g/mol. The average Bonchev–Trinajstić information content (AvgIpc) is 2.67. The Labute approximate surface area is 86.2 Å². The summed E-state index contributed by atoms with van der Waals surface area (Å²) in [6.07, 6.45) is 4.95. The summed E-state index contributed by atoms with van der Waals surface area (Å²) in [7, 11) is 1.19. The molecule has 7 nitrogen and oxygen atoms in total. The normalized spacial score (nSPS) is 8.93. The van der Waals surface area contributed by atoms with Gasteiger partial charge >= 0.3 is 0 Å². The Kier molecular flexibility index (Phi) is 4.02. The van der Waals surface area contributed by atoms with E-state index in [1.54, 1.807) is 16.9 Å². The predicted molar refractivity (Wildman–Crippen MR) is 53.4 cm³/mol. The maximum Gasteiger partial charge on any atom is 0.158 e. The van der Waals surface area contributed by atoms with Gasteiger partial charge in [-0.25, -0.2) is 14.6 Å². The molecule has 15 heavy (non-hydrogen) atoms. The van der Waals surface area contributed by atoms with E-state index in [9.17, 15) is 0 Å². The van der Waals surface area contributed by atoms with E-state index in [1.807, 2.05) is 13.1 Å². The van der Waals surface area contributed by atoms with Crippen LogP contribution < -0.4 is 0 Å². The van der Waals surface area contributed by atoms with Crippen LogP contribution in [0.2, 0.25) is 0 Å². The molecule has 2 aromatic heterocycles. The number of nitrogens with zero attached hydrogens (tertiary/aromatic N) is 6. The van der Waals surface area contributed by atoms with Crippen molar-refractivity contribution in [2.45, 2.75) is 6.92 Å². The summed E-state index contributed by atoms with van der Waals surface area (Å²) in [5.74, 6) is 0.727. The molecular weight excluding hydrogens is 196 g/mol. The van der Waals surface area contributed by atoms with Gasteiger partial charge < -0.3 is 0 Å². The van der Waals surface area contributed by atoms with Crippen molar-refractivity contribution < 1.29 is 0 Å². The molecule has 0 spiro atoms. The molecular formula is C8H10N6O. The number of aromatic nitrogens is 5. The summed E-state index contributed by atoms with van der Waals surface area (Å²) in [4.78, 5) is 16.4. The standard InChI is InChI=1S/C7H7N5.CH3NO/c1-6-4-12(11-10-6)7-2-3-8-5-9-7;1-2-3/h2-5H,1H3;1H3. The van der Waals surface area contributed by atoms with Crippen LogP contribution in [0.3, 0.4) is 0 Å². The van der Waals surface area contributed by atoms with Crippen LogP contribution in [-0.2, 0) is 0 Å². The fourth-order valence-electron chi connectivity index (χ4n) is 0.879. The minimum atomic E-state index is 0.727. The molecule has 0 unspecified atom stereocenters. The highest BCUT2D eigenvalue weighted by Gasteiger charge is 1.97. The summed E-state index contributed by atoms with van der Waals surface area (Å²) < 4.78 is 1.61. The smallest absolute Gasteiger partial charge is 0.158 e. The van der Waals surface area contributed by atoms with Crippen LogP contribution in [0.4, 0.5) is 0 Å². The van der Waals surface area contributed by atoms with E-state index in [0.717, 1.165) is 11.5 Å². The predicted octanol–water partition coefficient (Wildman–Crippen LogP) is 0.748. The second-order valence-corrected chi connectivity index (χ2v) is 2.55. The first-order chi connectivity index (χ1) is 7.27. The van der Waals surface area contributed by atoms with Gasteiger partial charge in [0.2, 0.25) is 0 Å². The first-order valence-corrected chi connectivity index (χ1v) is 4.14. The molecule has 0 aliphatic heterocycles. The van der Waals surface area contributed by atoms with Crippen LogP contribution in [0, 0.1) is 11.8 Å². The SMILES string of the molecule is CN=O.Cc1cn(-c2ccncn2)nn1. The van der Waals surface area contributed by atoms with Crippen LogP contribution in [0.5, 0.6) is 0 Å². The number of nitroso groups, excluding NO2 is 1. The lowest BCUT2D eigenvalue weighted by atomic mass is 10.5. The maximum atomic E-state index is 8.56. The van der Waals surface area contributed by atoms with Gasteiger partial charge in [0.15, 0.2) is 5.82 Å². The number of hydrogen-bond acceptors (Lipinski definition) is 6. The van der Waals surface area contributed by atoms with Gasteiger partial charge in [0, 0.05) is 12.3 Å². The van der Waals surface area contributed by atoms with Gasteiger partial charge in [-0.2, -0.15) is 4.91 Å². The summed E-state index contributed by atoms with van der Waals surface area (Å²) >= 11 is 0. The van der Waals surface area contributed by atoms with Gasteiger partial charge in [-0.15, -0.1) is 5.10 Å². The Morgan fingerprint density at radius 1 is 1.47 bits per heavy atom. The molecule has 0 aliphatic carbocycles. The Hall–Kier alpha value is -2.18. The second kappa shape index (κ2) is 5.53. The summed E-state index contributed by atoms with van der Waals surface area (Å²) in [5, 5.41) is 9.96. The first kappa shape index (κ1) is 10.9. The second-order valence-electron chi connectivity index (χ2n) is 2.55. The quantitative estimate of drug-likeness (QED) is 0.642. The maximum absolute atomic E-state index is 8.56. The Bertz CT molecular complexity index is 412. The molecule has 0 aromatic carbocycles. The molecule has 78 valence electrons. The third-order valence-electron chi connectivity index (χ3n) is 1.41. The molecule has 0 saturated heterocycles. The Morgan fingerprint density at radius 3 is 2.67 bits per heavy atom. The lowest BCUT2D eigenvalue weighted by Crippen LogP contribution is -1.97. The van der Waals surface area contributed by atoms with Gasteiger partial charge in [-0.3, -0.25) is 0 Å². The number of aryl methyl sites for hydroxylation is 1. The molecule has 0 N–H and O–H groups in total. The Balaban J connectivity index is 0.000000337. The van der Waals surface area contributed by atoms with Crippen LogP contribution in [-0.4, -0.2) is 32.0 Å². The highest BCUT2D eigenvalue weighted by atomic mass is 16.2. The van der Waals surface area contributed by atoms with Crippen molar-refractivity contribution >= 4 is 0 Å². The highest BCUT2D eigenvalue weighted by Crippen LogP contribution is 1.99. The van der Waals surface area contributed by atoms with Crippen molar-refractivity contribution in [1.29, 1.82) is 0 Å². The monoisotopic (exact) mass is 206 g/mol. The molecule has 0 fully saturated rings. The van der Waals surface area contributed by atoms with Crippen LogP contribution in [0.1, 0.15) is 5.69 Å². The topological polar surface area (TPSA) is 85.9 Å². The molecule has 2 rings (SSSR count). The van der Waals surface area contributed by atoms with Crippen molar-refractivity contribution in [2.75, 3.05) is 7.05 Å². The highest BCUT2D eigenvalue weighted by molar-refractivity contribution is 5.17. The van der Waals surface area contributed by atoms with Gasteiger partial charge in [0.05, 0.1) is 18.9 Å². The van der Waals surface area contributed by atoms with Gasteiger partial charge in [0.25, 0.3) is 0 Å². The first-order valence-electron chi connectivity index (χ1n) is 4.14. The summed E-state index contributed by atoms with van der Waals surface area (Å²) in [5.41, 5.74) is 0.869. The van der Waals surface area contributed by atoms with Gasteiger partial charge in [-0.05, 0) is 6.92 Å². The largest absolute Gasteiger partial charge is 0.245 e. The van der Waals surface area contributed by atoms with Crippen molar-refractivity contribution in [3.05, 3.63) is 35.4 Å². The molecule has 2 aromatic rings. The van der Waals surface area contributed by atoms with E-state index in [4.69, 9.17) is 4.91 Å². The summed E-state index contributed by atoms with van der Waals surface area (Å²) in [6.45, 7) is 1.88. The zero-order valence-corrected chi connectivity index (χ0v) is 8.40. The fraction of sp³-hybridized carbons (Fsp3) is 0.250. The van der Waals surface area contributed by atoms with Gasteiger partial charge in [-0.1, -0.05) is 10.4 Å². The van der Waals surface area contributed by atoms with Crippen molar-refractivity contribution in [1.82, 2.24) is 25.0 Å². The van der Waals surface area contributed by atoms with E-state index in [0.29, 0.717) is 0 Å². The van der Waals surface area contributed by atoms with Crippen LogP contribution >= 0.6 is 0 Å². The van der Waals surface area contributed by atoms with E-state index in [2.05, 4.69) is 25.5 Å². The van der Waals surface area contributed by atoms with Crippen LogP contribution in [0.25, 0.3) is 5.82 Å². The molecule has 0 radical (unpaired) electrons. The fourth-order valence-corrected chi connectivity index (χ4v) is 0.879. The number of rotatable bonds is 1. The minimum Gasteiger partial charge on any atom is -0.245 e. The van der Waals surface area contributed by atoms with Crippen molar-refractivity contribution in [2.24, 2.45) is 5.18 Å². The van der Waals surface area contributed by atoms with E-state index >= 15 is 0 Å². The lowest BCUT2D eigenvalue weighted by molar-refractivity contribution is 0.775. The molecule has 0 bridgehead atoms.